The Morgan fingerprint density at radius 2 is 2.18 bits per heavy atom. The fourth-order valence-corrected chi connectivity index (χ4v) is 2.15. The summed E-state index contributed by atoms with van der Waals surface area (Å²) < 4.78 is 0.852. The van der Waals surface area contributed by atoms with Gasteiger partial charge in [0.25, 0.3) is 11.5 Å². The van der Waals surface area contributed by atoms with Crippen molar-refractivity contribution < 1.29 is 4.79 Å². The van der Waals surface area contributed by atoms with Gasteiger partial charge in [-0.05, 0) is 18.2 Å². The molecule has 0 atom stereocenters. The van der Waals surface area contributed by atoms with E-state index in [1.165, 1.54) is 12.5 Å². The first-order chi connectivity index (χ1) is 10.6. The van der Waals surface area contributed by atoms with E-state index < -0.39 is 11.5 Å². The summed E-state index contributed by atoms with van der Waals surface area (Å²) in [5, 5.41) is 0. The van der Waals surface area contributed by atoms with E-state index in [1.54, 1.807) is 18.2 Å². The smallest absolute Gasteiger partial charge is 0.293 e. The van der Waals surface area contributed by atoms with Gasteiger partial charge in [0.2, 0.25) is 0 Å². The van der Waals surface area contributed by atoms with Crippen molar-refractivity contribution in [2.24, 2.45) is 0 Å². The number of nitrogens with one attached hydrogen (secondary N) is 3. The molecule has 0 saturated heterocycles. The summed E-state index contributed by atoms with van der Waals surface area (Å²) >= 11 is 3.32. The van der Waals surface area contributed by atoms with Crippen molar-refractivity contribution in [2.75, 3.05) is 5.43 Å². The average molecular weight is 361 g/mol. The van der Waals surface area contributed by atoms with Crippen LogP contribution in [-0.2, 0) is 0 Å². The summed E-state index contributed by atoms with van der Waals surface area (Å²) in [5.41, 5.74) is 5.48. The minimum absolute atomic E-state index is 0.273. The first-order valence-corrected chi connectivity index (χ1v) is 6.95. The molecule has 0 fully saturated rings. The van der Waals surface area contributed by atoms with Gasteiger partial charge in [-0.25, -0.2) is 15.0 Å². The first kappa shape index (κ1) is 14.1. The largest absolute Gasteiger partial charge is 0.303 e. The molecule has 0 unspecified atom stereocenters. The number of fused-ring (bicyclic) bond motifs is 1. The van der Waals surface area contributed by atoms with Crippen molar-refractivity contribution in [2.45, 2.75) is 0 Å². The van der Waals surface area contributed by atoms with E-state index >= 15 is 0 Å². The quantitative estimate of drug-likeness (QED) is 0.605. The topological polar surface area (TPSA) is 113 Å². The molecule has 1 amide bonds. The molecule has 0 spiro atoms. The molecule has 0 aliphatic heterocycles. The number of hydrazine groups is 1. The molecule has 22 heavy (non-hydrogen) atoms. The third kappa shape index (κ3) is 2.93. The number of amides is 1. The molecule has 2 aromatic heterocycles. The fraction of sp³-hybridized carbons (Fsp3) is 0. The summed E-state index contributed by atoms with van der Waals surface area (Å²) in [7, 11) is 0. The van der Waals surface area contributed by atoms with Gasteiger partial charge in [-0.1, -0.05) is 22.0 Å². The van der Waals surface area contributed by atoms with E-state index in [1.807, 2.05) is 6.07 Å². The number of benzene rings is 1. The summed E-state index contributed by atoms with van der Waals surface area (Å²) in [6.07, 6.45) is 2.70. The SMILES string of the molecule is O=C(NNc1cccc(Br)c1)c1nc2cncnc2[nH]c1=O. The van der Waals surface area contributed by atoms with Crippen molar-refractivity contribution in [1.29, 1.82) is 0 Å². The maximum Gasteiger partial charge on any atom is 0.293 e. The van der Waals surface area contributed by atoms with Gasteiger partial charge in [0.1, 0.15) is 11.8 Å². The molecule has 0 radical (unpaired) electrons. The van der Waals surface area contributed by atoms with E-state index in [2.05, 4.69) is 46.7 Å². The van der Waals surface area contributed by atoms with Crippen molar-refractivity contribution in [3.8, 4) is 0 Å². The minimum atomic E-state index is -0.660. The zero-order chi connectivity index (χ0) is 15.5. The van der Waals surface area contributed by atoms with Gasteiger partial charge >= 0.3 is 0 Å². The highest BCUT2D eigenvalue weighted by molar-refractivity contribution is 9.10. The lowest BCUT2D eigenvalue weighted by molar-refractivity contribution is 0.0956. The monoisotopic (exact) mass is 360 g/mol. The molecule has 0 saturated carbocycles. The van der Waals surface area contributed by atoms with Crippen LogP contribution < -0.4 is 16.4 Å². The lowest BCUT2D eigenvalue weighted by Crippen LogP contribution is -2.34. The number of rotatable bonds is 3. The zero-order valence-corrected chi connectivity index (χ0v) is 12.6. The number of aromatic nitrogens is 4. The van der Waals surface area contributed by atoms with E-state index in [-0.39, 0.29) is 11.3 Å². The molecule has 3 aromatic rings. The van der Waals surface area contributed by atoms with Crippen LogP contribution in [0.5, 0.6) is 0 Å². The number of anilines is 1. The zero-order valence-electron chi connectivity index (χ0n) is 11.0. The van der Waals surface area contributed by atoms with E-state index in [9.17, 15) is 9.59 Å². The van der Waals surface area contributed by atoms with Crippen LogP contribution in [0.2, 0.25) is 0 Å². The second-order valence-corrected chi connectivity index (χ2v) is 5.18. The lowest BCUT2D eigenvalue weighted by atomic mass is 10.3. The van der Waals surface area contributed by atoms with Gasteiger partial charge in [0.05, 0.1) is 11.9 Å². The van der Waals surface area contributed by atoms with Crippen LogP contribution in [0.3, 0.4) is 0 Å². The fourth-order valence-electron chi connectivity index (χ4n) is 1.75. The molecule has 0 aliphatic carbocycles. The molecular weight excluding hydrogens is 352 g/mol. The van der Waals surface area contributed by atoms with Crippen molar-refractivity contribution in [3.05, 3.63) is 57.3 Å². The van der Waals surface area contributed by atoms with E-state index in [0.717, 1.165) is 4.47 Å². The van der Waals surface area contributed by atoms with Gasteiger partial charge in [-0.2, -0.15) is 0 Å². The Hall–Kier alpha value is -2.81. The normalized spacial score (nSPS) is 10.4. The molecule has 1 aromatic carbocycles. The maximum absolute atomic E-state index is 12.1. The minimum Gasteiger partial charge on any atom is -0.303 e. The highest BCUT2D eigenvalue weighted by Crippen LogP contribution is 2.14. The molecule has 9 heteroatoms. The maximum atomic E-state index is 12.1. The van der Waals surface area contributed by atoms with E-state index in [0.29, 0.717) is 11.2 Å². The van der Waals surface area contributed by atoms with Crippen LogP contribution in [0.1, 0.15) is 10.5 Å². The number of halogens is 1. The highest BCUT2D eigenvalue weighted by Gasteiger charge is 2.14. The first-order valence-electron chi connectivity index (χ1n) is 6.15. The van der Waals surface area contributed by atoms with Gasteiger partial charge in [0.15, 0.2) is 11.3 Å². The Balaban J connectivity index is 1.83. The molecule has 0 aliphatic rings. The van der Waals surface area contributed by atoms with Gasteiger partial charge in [-0.15, -0.1) is 0 Å². The molecule has 0 bridgehead atoms. The number of hydrogen-bond acceptors (Lipinski definition) is 6. The van der Waals surface area contributed by atoms with Crippen LogP contribution in [-0.4, -0.2) is 25.8 Å². The van der Waals surface area contributed by atoms with Crippen molar-refractivity contribution in [3.63, 3.8) is 0 Å². The Labute approximate surface area is 132 Å². The van der Waals surface area contributed by atoms with Crippen molar-refractivity contribution >= 4 is 38.7 Å². The Bertz CT molecular complexity index is 910. The molecule has 110 valence electrons. The molecule has 3 N–H and O–H groups in total. The number of aromatic amines is 1. The van der Waals surface area contributed by atoms with Crippen LogP contribution in [0, 0.1) is 0 Å². The third-order valence-corrected chi connectivity index (χ3v) is 3.23. The van der Waals surface area contributed by atoms with Crippen molar-refractivity contribution in [1.82, 2.24) is 25.4 Å². The van der Waals surface area contributed by atoms with Gasteiger partial charge in [0, 0.05) is 4.47 Å². The number of nitrogens with zero attached hydrogens (tertiary/aromatic N) is 3. The number of hydrogen-bond donors (Lipinski definition) is 3. The van der Waals surface area contributed by atoms with Crippen LogP contribution in [0.4, 0.5) is 5.69 Å². The Morgan fingerprint density at radius 1 is 1.32 bits per heavy atom. The lowest BCUT2D eigenvalue weighted by Gasteiger charge is -2.08. The summed E-state index contributed by atoms with van der Waals surface area (Å²) in [4.78, 5) is 38.0. The second-order valence-electron chi connectivity index (χ2n) is 4.26. The van der Waals surface area contributed by atoms with Gasteiger partial charge in [-0.3, -0.25) is 20.4 Å². The van der Waals surface area contributed by atoms with Crippen LogP contribution >= 0.6 is 15.9 Å². The number of H-pyrrole nitrogens is 1. The second kappa shape index (κ2) is 5.90. The molecule has 8 nitrogen and oxygen atoms in total. The standard InChI is InChI=1S/C13H9BrN6O2/c14-7-2-1-3-8(4-7)19-20-13(22)10-12(21)18-11-9(17-10)5-15-6-16-11/h1-6,19H,(H,20,22)(H,15,16,18,21). The number of carbonyl (C=O) groups is 1. The number of carbonyl (C=O) groups excluding carboxylic acids is 1. The summed E-state index contributed by atoms with van der Waals surface area (Å²) in [6.45, 7) is 0. The highest BCUT2D eigenvalue weighted by atomic mass is 79.9. The Kier molecular flexibility index (Phi) is 3.79. The summed E-state index contributed by atoms with van der Waals surface area (Å²) in [5.74, 6) is -0.660. The van der Waals surface area contributed by atoms with Crippen LogP contribution in [0.15, 0.2) is 46.1 Å². The molecule has 3 rings (SSSR count). The predicted molar refractivity (Wildman–Crippen MR) is 83.2 cm³/mol. The Morgan fingerprint density at radius 3 is 3.00 bits per heavy atom. The average Bonchev–Trinajstić information content (AvgIpc) is 2.52. The van der Waals surface area contributed by atoms with Gasteiger partial charge < -0.3 is 4.98 Å². The predicted octanol–water partition coefficient (Wildman–Crippen LogP) is 1.23. The molecule has 2 heterocycles. The van der Waals surface area contributed by atoms with E-state index in [4.69, 9.17) is 0 Å². The van der Waals surface area contributed by atoms with Crippen LogP contribution in [0.25, 0.3) is 11.2 Å². The molecular formula is C13H9BrN6O2. The third-order valence-electron chi connectivity index (χ3n) is 2.73. The summed E-state index contributed by atoms with van der Waals surface area (Å²) in [6, 6.07) is 7.18.